The summed E-state index contributed by atoms with van der Waals surface area (Å²) in [7, 11) is 1.38. The van der Waals surface area contributed by atoms with Crippen molar-refractivity contribution in [3.8, 4) is 0 Å². The molecule has 0 radical (unpaired) electrons. The highest BCUT2D eigenvalue weighted by Crippen LogP contribution is 2.21. The smallest absolute Gasteiger partial charge is 0.407 e. The van der Waals surface area contributed by atoms with Crippen molar-refractivity contribution >= 4 is 24.2 Å². The van der Waals surface area contributed by atoms with E-state index in [1.165, 1.54) is 0 Å². The zero-order valence-electron chi connectivity index (χ0n) is 12.5. The minimum absolute atomic E-state index is 0.0435. The molecule has 1 aromatic heterocycles. The van der Waals surface area contributed by atoms with E-state index in [0.29, 0.717) is 13.2 Å². The Bertz CT molecular complexity index is 482. The SMILES string of the molecule is CN(C(=O)C(C)(C)C)c1cncc(B2OCCCO2)c1. The Morgan fingerprint density at radius 2 is 1.95 bits per heavy atom. The minimum Gasteiger partial charge on any atom is -0.407 e. The number of aromatic nitrogens is 1. The van der Waals surface area contributed by atoms with E-state index in [0.717, 1.165) is 17.6 Å². The second-order valence-electron chi connectivity index (χ2n) is 6.02. The number of carbonyl (C=O) groups is 1. The summed E-state index contributed by atoms with van der Waals surface area (Å²) in [5.41, 5.74) is 1.17. The standard InChI is InChI=1S/C14H21BN2O3/c1-14(2,3)13(18)17(4)12-8-11(9-16-10-12)15-19-6-5-7-20-15/h8-10H,5-7H2,1-4H3. The van der Waals surface area contributed by atoms with E-state index in [2.05, 4.69) is 4.98 Å². The molecule has 5 nitrogen and oxygen atoms in total. The number of rotatable bonds is 2. The Labute approximate surface area is 120 Å². The highest BCUT2D eigenvalue weighted by Gasteiger charge is 2.28. The summed E-state index contributed by atoms with van der Waals surface area (Å²) in [6.07, 6.45) is 4.30. The summed E-state index contributed by atoms with van der Waals surface area (Å²) in [5.74, 6) is 0.0435. The van der Waals surface area contributed by atoms with Crippen LogP contribution in [0.4, 0.5) is 5.69 Å². The Morgan fingerprint density at radius 1 is 1.30 bits per heavy atom. The van der Waals surface area contributed by atoms with E-state index in [4.69, 9.17) is 9.31 Å². The Morgan fingerprint density at radius 3 is 2.55 bits per heavy atom. The number of nitrogens with zero attached hydrogens (tertiary/aromatic N) is 2. The van der Waals surface area contributed by atoms with Crippen LogP contribution in [0.15, 0.2) is 18.5 Å². The first-order chi connectivity index (χ1) is 9.39. The number of anilines is 1. The Balaban J connectivity index is 2.18. The van der Waals surface area contributed by atoms with Crippen molar-refractivity contribution in [3.63, 3.8) is 0 Å². The van der Waals surface area contributed by atoms with Crippen LogP contribution in [-0.4, -0.2) is 38.3 Å². The van der Waals surface area contributed by atoms with Gasteiger partial charge in [-0.05, 0) is 12.5 Å². The Hall–Kier alpha value is -1.40. The molecular formula is C14H21BN2O3. The molecule has 0 spiro atoms. The molecule has 0 N–H and O–H groups in total. The van der Waals surface area contributed by atoms with Crippen LogP contribution in [0.2, 0.25) is 0 Å². The first-order valence-corrected chi connectivity index (χ1v) is 6.86. The van der Waals surface area contributed by atoms with Crippen molar-refractivity contribution in [2.45, 2.75) is 27.2 Å². The Kier molecular flexibility index (Phi) is 4.45. The molecule has 2 heterocycles. The summed E-state index contributed by atoms with van der Waals surface area (Å²) in [5, 5.41) is 0. The van der Waals surface area contributed by atoms with Crippen molar-refractivity contribution in [1.29, 1.82) is 0 Å². The van der Waals surface area contributed by atoms with Gasteiger partial charge in [-0.2, -0.15) is 0 Å². The van der Waals surface area contributed by atoms with Crippen LogP contribution in [0.3, 0.4) is 0 Å². The molecule has 0 atom stereocenters. The zero-order valence-corrected chi connectivity index (χ0v) is 12.5. The molecular weight excluding hydrogens is 255 g/mol. The molecule has 108 valence electrons. The van der Waals surface area contributed by atoms with Gasteiger partial charge in [0.25, 0.3) is 0 Å². The summed E-state index contributed by atoms with van der Waals surface area (Å²) >= 11 is 0. The predicted octanol–water partition coefficient (Wildman–Crippen LogP) is 1.22. The number of pyridine rings is 1. The van der Waals surface area contributed by atoms with E-state index in [-0.39, 0.29) is 13.0 Å². The first kappa shape index (κ1) is 15.0. The normalized spacial score (nSPS) is 16.1. The second kappa shape index (κ2) is 5.93. The number of amides is 1. The van der Waals surface area contributed by atoms with Gasteiger partial charge in [-0.15, -0.1) is 0 Å². The van der Waals surface area contributed by atoms with E-state index in [1.54, 1.807) is 24.3 Å². The van der Waals surface area contributed by atoms with Crippen LogP contribution in [0.25, 0.3) is 0 Å². The third-order valence-electron chi connectivity index (χ3n) is 3.18. The number of hydrogen-bond donors (Lipinski definition) is 0. The molecule has 0 aromatic carbocycles. The van der Waals surface area contributed by atoms with Gasteiger partial charge in [0.1, 0.15) is 0 Å². The molecule has 1 amide bonds. The predicted molar refractivity (Wildman–Crippen MR) is 79.0 cm³/mol. The highest BCUT2D eigenvalue weighted by molar-refractivity contribution is 6.61. The minimum atomic E-state index is -0.428. The molecule has 20 heavy (non-hydrogen) atoms. The van der Waals surface area contributed by atoms with Gasteiger partial charge in [-0.1, -0.05) is 20.8 Å². The fourth-order valence-electron chi connectivity index (χ4n) is 2.06. The maximum atomic E-state index is 12.3. The quantitative estimate of drug-likeness (QED) is 0.762. The molecule has 2 rings (SSSR count). The molecule has 1 fully saturated rings. The second-order valence-corrected chi connectivity index (χ2v) is 6.02. The van der Waals surface area contributed by atoms with E-state index < -0.39 is 5.41 Å². The van der Waals surface area contributed by atoms with E-state index in [9.17, 15) is 4.79 Å². The van der Waals surface area contributed by atoms with Crippen LogP contribution in [0, 0.1) is 5.41 Å². The molecule has 0 bridgehead atoms. The van der Waals surface area contributed by atoms with Crippen LogP contribution < -0.4 is 10.4 Å². The van der Waals surface area contributed by atoms with Crippen LogP contribution in [0.1, 0.15) is 27.2 Å². The summed E-state index contributed by atoms with van der Waals surface area (Å²) in [6.45, 7) is 7.07. The third-order valence-corrected chi connectivity index (χ3v) is 3.18. The molecule has 1 saturated heterocycles. The maximum Gasteiger partial charge on any atom is 0.495 e. The van der Waals surface area contributed by atoms with Gasteiger partial charge in [0.05, 0.1) is 11.9 Å². The number of carbonyl (C=O) groups excluding carboxylic acids is 1. The maximum absolute atomic E-state index is 12.3. The molecule has 0 aliphatic carbocycles. The lowest BCUT2D eigenvalue weighted by Gasteiger charge is -2.26. The van der Waals surface area contributed by atoms with Gasteiger partial charge in [0.15, 0.2) is 0 Å². The molecule has 6 heteroatoms. The first-order valence-electron chi connectivity index (χ1n) is 6.86. The van der Waals surface area contributed by atoms with Crippen molar-refractivity contribution in [3.05, 3.63) is 18.5 Å². The molecule has 1 aromatic rings. The highest BCUT2D eigenvalue weighted by atomic mass is 16.6. The lowest BCUT2D eigenvalue weighted by Crippen LogP contribution is -2.42. The largest absolute Gasteiger partial charge is 0.495 e. The monoisotopic (exact) mass is 276 g/mol. The summed E-state index contributed by atoms with van der Waals surface area (Å²) in [6, 6.07) is 1.90. The average molecular weight is 276 g/mol. The third kappa shape index (κ3) is 3.38. The average Bonchev–Trinajstić information content (AvgIpc) is 2.46. The molecule has 1 aliphatic rings. The van der Waals surface area contributed by atoms with Crippen molar-refractivity contribution in [1.82, 2.24) is 4.98 Å². The van der Waals surface area contributed by atoms with Gasteiger partial charge in [0.2, 0.25) is 5.91 Å². The lowest BCUT2D eigenvalue weighted by molar-refractivity contribution is -0.125. The topological polar surface area (TPSA) is 51.7 Å². The fourth-order valence-corrected chi connectivity index (χ4v) is 2.06. The van der Waals surface area contributed by atoms with Gasteiger partial charge >= 0.3 is 7.12 Å². The number of hydrogen-bond acceptors (Lipinski definition) is 4. The van der Waals surface area contributed by atoms with Gasteiger partial charge in [-0.3, -0.25) is 9.78 Å². The van der Waals surface area contributed by atoms with Gasteiger partial charge < -0.3 is 14.2 Å². The van der Waals surface area contributed by atoms with Gasteiger partial charge in [-0.25, -0.2) is 0 Å². The van der Waals surface area contributed by atoms with Crippen LogP contribution in [-0.2, 0) is 14.1 Å². The molecule has 1 aliphatic heterocycles. The lowest BCUT2D eigenvalue weighted by atomic mass is 9.79. The van der Waals surface area contributed by atoms with Crippen molar-refractivity contribution in [2.75, 3.05) is 25.2 Å². The van der Waals surface area contributed by atoms with E-state index in [1.807, 2.05) is 26.8 Å². The molecule has 0 unspecified atom stereocenters. The fraction of sp³-hybridized carbons (Fsp3) is 0.571. The molecule has 0 saturated carbocycles. The van der Waals surface area contributed by atoms with Gasteiger partial charge in [0, 0.05) is 37.3 Å². The summed E-state index contributed by atoms with van der Waals surface area (Å²) < 4.78 is 11.1. The van der Waals surface area contributed by atoms with Crippen LogP contribution >= 0.6 is 0 Å². The van der Waals surface area contributed by atoms with Crippen molar-refractivity contribution < 1.29 is 14.1 Å². The van der Waals surface area contributed by atoms with Crippen molar-refractivity contribution in [2.24, 2.45) is 5.41 Å². The summed E-state index contributed by atoms with van der Waals surface area (Å²) in [4.78, 5) is 18.1. The zero-order chi connectivity index (χ0) is 14.8. The van der Waals surface area contributed by atoms with Crippen LogP contribution in [0.5, 0.6) is 0 Å². The van der Waals surface area contributed by atoms with E-state index >= 15 is 0 Å².